The van der Waals surface area contributed by atoms with Crippen LogP contribution in [-0.2, 0) is 34.6 Å². The molecular formula is C36H43FN4O8P+. The largest absolute Gasteiger partial charge is 0.728 e. The second-order valence-electron chi connectivity index (χ2n) is 12.1. The van der Waals surface area contributed by atoms with E-state index in [2.05, 4.69) is 25.6 Å². The zero-order chi connectivity index (χ0) is 36.0. The highest BCUT2D eigenvalue weighted by atomic mass is 31.1. The summed E-state index contributed by atoms with van der Waals surface area (Å²) in [5, 5.41) is 26.4. The maximum absolute atomic E-state index is 13.9. The number of amides is 3. The molecule has 3 aromatic rings. The van der Waals surface area contributed by atoms with Gasteiger partial charge in [-0.3, -0.25) is 14.4 Å². The van der Waals surface area contributed by atoms with Crippen LogP contribution in [0.1, 0.15) is 65.7 Å². The van der Waals surface area contributed by atoms with Crippen molar-refractivity contribution in [3.05, 3.63) is 94.1 Å². The second kappa shape index (κ2) is 19.0. The van der Waals surface area contributed by atoms with Crippen LogP contribution in [-0.4, -0.2) is 58.9 Å². The normalized spacial score (nSPS) is 14.8. The van der Waals surface area contributed by atoms with Gasteiger partial charge in [-0.25, -0.2) is 9.65 Å². The zero-order valence-electron chi connectivity index (χ0n) is 28.0. The number of fused-ring (bicyclic) bond motifs is 1. The molecule has 1 aliphatic rings. The lowest BCUT2D eigenvalue weighted by molar-refractivity contribution is -0.142. The molecule has 3 amide bonds. The van der Waals surface area contributed by atoms with Crippen LogP contribution in [0.2, 0.25) is 0 Å². The van der Waals surface area contributed by atoms with Crippen LogP contribution in [0.25, 0.3) is 17.7 Å². The number of nitrogens with one attached hydrogen (secondary N) is 4. The molecule has 2 aromatic carbocycles. The Morgan fingerprint density at radius 2 is 1.90 bits per heavy atom. The first kappa shape index (κ1) is 38.3. The number of carbonyl (C=O) groups is 3. The number of aromatic nitrogens is 1. The van der Waals surface area contributed by atoms with Crippen molar-refractivity contribution >= 4 is 49.4 Å². The monoisotopic (exact) mass is 709 g/mol. The maximum atomic E-state index is 13.9. The average molecular weight is 710 g/mol. The Kier molecular flexibility index (Phi) is 14.6. The summed E-state index contributed by atoms with van der Waals surface area (Å²) >= 11 is 0. The summed E-state index contributed by atoms with van der Waals surface area (Å²) in [6.07, 6.45) is 7.98. The second-order valence-corrected chi connectivity index (χ2v) is 12.9. The first-order chi connectivity index (χ1) is 24.1. The fourth-order valence-corrected chi connectivity index (χ4v) is 6.11. The topological polar surface area (TPSA) is 179 Å². The fraction of sp³-hybridized carbons (Fsp3) is 0.361. The van der Waals surface area contributed by atoms with Gasteiger partial charge in [0.05, 0.1) is 10.2 Å². The van der Waals surface area contributed by atoms with Gasteiger partial charge in [-0.05, 0) is 80.5 Å². The van der Waals surface area contributed by atoms with Crippen LogP contribution in [0.15, 0.2) is 54.6 Å². The molecule has 6 N–H and O–H groups in total. The third kappa shape index (κ3) is 11.0. The highest BCUT2D eigenvalue weighted by Gasteiger charge is 2.26. The van der Waals surface area contributed by atoms with Gasteiger partial charge in [-0.2, -0.15) is 0 Å². The summed E-state index contributed by atoms with van der Waals surface area (Å²) in [6, 6.07) is 12.9. The van der Waals surface area contributed by atoms with E-state index in [1.807, 2.05) is 56.3 Å². The quantitative estimate of drug-likeness (QED) is 0.0295. The van der Waals surface area contributed by atoms with Crippen LogP contribution >= 0.6 is 8.25 Å². The number of halogens is 1. The molecule has 0 fully saturated rings. The predicted octanol–water partition coefficient (Wildman–Crippen LogP) is 5.84. The Hall–Kier alpha value is -4.52. The molecule has 1 aliphatic heterocycles. The number of aliphatic hydroxyl groups excluding tert-OH is 1. The number of unbranched alkanes of at least 4 members (excludes halogenated alkanes) is 1. The average Bonchev–Trinajstić information content (AvgIpc) is 3.56. The molecule has 0 bridgehead atoms. The van der Waals surface area contributed by atoms with Gasteiger partial charge in [0, 0.05) is 52.7 Å². The van der Waals surface area contributed by atoms with Crippen LogP contribution < -0.4 is 16.0 Å². The molecule has 0 radical (unpaired) electrons. The predicted molar refractivity (Wildman–Crippen MR) is 188 cm³/mol. The number of hydrogen-bond acceptors (Lipinski definition) is 8. The van der Waals surface area contributed by atoms with Crippen molar-refractivity contribution in [2.75, 3.05) is 25.1 Å². The number of carbonyl (C=O) groups excluding carboxylic acids is 3. The van der Waals surface area contributed by atoms with Crippen LogP contribution in [0.5, 0.6) is 0 Å². The lowest BCUT2D eigenvalue weighted by atomic mass is 10.0. The Labute approximate surface area is 291 Å². The van der Waals surface area contributed by atoms with E-state index in [0.717, 1.165) is 22.4 Å². The molecule has 0 saturated carbocycles. The van der Waals surface area contributed by atoms with E-state index in [-0.39, 0.29) is 49.7 Å². The molecule has 12 nitrogen and oxygen atoms in total. The lowest BCUT2D eigenvalue weighted by Crippen LogP contribution is -2.46. The first-order valence-corrected chi connectivity index (χ1v) is 17.5. The number of rotatable bonds is 19. The van der Waals surface area contributed by atoms with E-state index < -0.39 is 20.1 Å². The van der Waals surface area contributed by atoms with Gasteiger partial charge in [-0.15, -0.1) is 4.52 Å². The van der Waals surface area contributed by atoms with E-state index in [0.29, 0.717) is 54.7 Å². The number of H-pyrrole nitrogens is 1. The Bertz CT molecular complexity index is 1730. The minimum atomic E-state index is -2.64. The third-order valence-electron chi connectivity index (χ3n) is 8.50. The molecule has 2 heterocycles. The maximum Gasteiger partial charge on any atom is 0.728 e. The highest BCUT2D eigenvalue weighted by Crippen LogP contribution is 2.34. The van der Waals surface area contributed by atoms with Gasteiger partial charge in [0.2, 0.25) is 11.8 Å². The van der Waals surface area contributed by atoms with E-state index in [9.17, 15) is 28.4 Å². The molecule has 4 rings (SSSR count). The Morgan fingerprint density at radius 1 is 1.12 bits per heavy atom. The number of benzene rings is 2. The molecule has 0 spiro atoms. The summed E-state index contributed by atoms with van der Waals surface area (Å²) in [4.78, 5) is 42.3. The molecule has 0 saturated heterocycles. The molecular weight excluding hydrogens is 666 g/mol. The standard InChI is InChI=1S/C36H42FN4O8P/c1-23-28(24(2)39-33(23)20-30-29-19-27(37)14-16-31(29)41-35(30)44)15-17-34(43)40-32(13-8-12-25-9-4-3-5-10-25)36(45)38-18-7-6-11-26(21-42)22-48-50(47)49-46/h3-5,8-10,12,14,16,19-20,26,32,39,42H,6-7,11,13,15,17-18,21-22H2,1-2H3,(H3-,38,40,41,43,44,45,46)/p+1. The number of aromatic amines is 1. The molecule has 14 heteroatoms. The van der Waals surface area contributed by atoms with Gasteiger partial charge in [-0.1, -0.05) is 48.9 Å². The van der Waals surface area contributed by atoms with E-state index in [1.165, 1.54) is 18.2 Å². The molecule has 50 heavy (non-hydrogen) atoms. The summed E-state index contributed by atoms with van der Waals surface area (Å²) in [7, 11) is -2.64. The lowest BCUT2D eigenvalue weighted by Gasteiger charge is -2.18. The summed E-state index contributed by atoms with van der Waals surface area (Å²) in [5.41, 5.74) is 5.65. The van der Waals surface area contributed by atoms with Crippen molar-refractivity contribution in [1.29, 1.82) is 0 Å². The number of hydrogen-bond donors (Lipinski definition) is 6. The van der Waals surface area contributed by atoms with Crippen molar-refractivity contribution < 1.29 is 42.9 Å². The summed E-state index contributed by atoms with van der Waals surface area (Å²) < 4.78 is 33.4. The van der Waals surface area contributed by atoms with Crippen molar-refractivity contribution in [3.8, 4) is 0 Å². The van der Waals surface area contributed by atoms with Crippen molar-refractivity contribution in [2.45, 2.75) is 58.4 Å². The van der Waals surface area contributed by atoms with Crippen molar-refractivity contribution in [1.82, 2.24) is 15.6 Å². The van der Waals surface area contributed by atoms with Crippen LogP contribution in [0.3, 0.4) is 0 Å². The van der Waals surface area contributed by atoms with E-state index in [1.54, 1.807) is 6.08 Å². The van der Waals surface area contributed by atoms with Crippen LogP contribution in [0.4, 0.5) is 10.1 Å². The minimum Gasteiger partial charge on any atom is -0.396 e. The number of anilines is 1. The molecule has 266 valence electrons. The molecule has 3 atom stereocenters. The van der Waals surface area contributed by atoms with Crippen LogP contribution in [0, 0.1) is 25.6 Å². The SMILES string of the molecule is Cc1[nH]c(C=C2C(=O)Nc3ccc(F)cc32)c(C)c1CCC(=O)NC(CC=Cc1ccccc1)C(=O)NCCCCC(CO)CO[P+](=O)OO. The number of aryl methyl sites for hydroxylation is 1. The Morgan fingerprint density at radius 3 is 2.64 bits per heavy atom. The van der Waals surface area contributed by atoms with Gasteiger partial charge < -0.3 is 26.0 Å². The zero-order valence-corrected chi connectivity index (χ0v) is 28.9. The molecule has 3 unspecified atom stereocenters. The number of aliphatic hydroxyl groups is 1. The first-order valence-electron chi connectivity index (χ1n) is 16.4. The van der Waals surface area contributed by atoms with Crippen molar-refractivity contribution in [3.63, 3.8) is 0 Å². The molecule has 1 aromatic heterocycles. The van der Waals surface area contributed by atoms with Gasteiger partial charge in [0.15, 0.2) is 0 Å². The van der Waals surface area contributed by atoms with Gasteiger partial charge in [0.25, 0.3) is 5.91 Å². The van der Waals surface area contributed by atoms with E-state index in [4.69, 9.17) is 9.78 Å². The third-order valence-corrected chi connectivity index (χ3v) is 8.99. The summed E-state index contributed by atoms with van der Waals surface area (Å²) in [5.74, 6) is -1.70. The summed E-state index contributed by atoms with van der Waals surface area (Å²) in [6.45, 7) is 3.88. The van der Waals surface area contributed by atoms with Gasteiger partial charge in [0.1, 0.15) is 18.5 Å². The Balaban J connectivity index is 1.35. The van der Waals surface area contributed by atoms with Gasteiger partial charge >= 0.3 is 8.25 Å². The fourth-order valence-electron chi connectivity index (χ4n) is 5.73. The highest BCUT2D eigenvalue weighted by molar-refractivity contribution is 7.33. The van der Waals surface area contributed by atoms with Crippen molar-refractivity contribution in [2.24, 2.45) is 5.92 Å². The minimum absolute atomic E-state index is 0.0474. The molecule has 0 aliphatic carbocycles. The van der Waals surface area contributed by atoms with E-state index >= 15 is 0 Å². The smallest absolute Gasteiger partial charge is 0.396 e.